The van der Waals surface area contributed by atoms with E-state index in [1.165, 1.54) is 0 Å². The molecule has 0 unspecified atom stereocenters. The molecular formula is C42H24N4O. The minimum Gasteiger partial charge on any atom is -0.454 e. The maximum Gasteiger partial charge on any atom is 0.154 e. The van der Waals surface area contributed by atoms with Crippen molar-refractivity contribution in [2.75, 3.05) is 0 Å². The molecule has 47 heavy (non-hydrogen) atoms. The van der Waals surface area contributed by atoms with E-state index in [1.54, 1.807) is 0 Å². The molecular weight excluding hydrogens is 576 g/mol. The molecule has 0 bridgehead atoms. The summed E-state index contributed by atoms with van der Waals surface area (Å²) < 4.78 is 6.10. The van der Waals surface area contributed by atoms with Gasteiger partial charge in [-0.05, 0) is 42.5 Å². The second-order valence-electron chi connectivity index (χ2n) is 11.9. The van der Waals surface area contributed by atoms with E-state index in [0.29, 0.717) is 0 Å². The number of para-hydroxylation sites is 1. The number of pyridine rings is 4. The lowest BCUT2D eigenvalue weighted by molar-refractivity contribution is 0.669. The Morgan fingerprint density at radius 2 is 0.809 bits per heavy atom. The average molecular weight is 601 g/mol. The predicted octanol–water partition coefficient (Wildman–Crippen LogP) is 10.8. The first-order valence-electron chi connectivity index (χ1n) is 15.6. The first-order valence-corrected chi connectivity index (χ1v) is 15.6. The van der Waals surface area contributed by atoms with Crippen molar-refractivity contribution in [3.05, 3.63) is 146 Å². The van der Waals surface area contributed by atoms with E-state index >= 15 is 0 Å². The van der Waals surface area contributed by atoms with Crippen LogP contribution in [-0.2, 0) is 0 Å². The lowest BCUT2D eigenvalue weighted by Gasteiger charge is -2.10. The maximum absolute atomic E-state index is 6.10. The number of benzene rings is 5. The van der Waals surface area contributed by atoms with Crippen LogP contribution in [0.15, 0.2) is 150 Å². The van der Waals surface area contributed by atoms with Crippen LogP contribution in [0, 0.1) is 0 Å². The summed E-state index contributed by atoms with van der Waals surface area (Å²) in [6, 6.07) is 49.8. The molecule has 5 nitrogen and oxygen atoms in total. The number of furan rings is 1. The molecule has 0 N–H and O–H groups in total. The van der Waals surface area contributed by atoms with Crippen molar-refractivity contribution in [2.24, 2.45) is 0 Å². The van der Waals surface area contributed by atoms with Gasteiger partial charge in [0.25, 0.3) is 0 Å². The second-order valence-corrected chi connectivity index (χ2v) is 11.9. The molecule has 0 aliphatic rings. The van der Waals surface area contributed by atoms with Crippen LogP contribution in [0.1, 0.15) is 0 Å². The third kappa shape index (κ3) is 4.17. The highest BCUT2D eigenvalue weighted by molar-refractivity contribution is 6.11. The Morgan fingerprint density at radius 1 is 0.319 bits per heavy atom. The molecule has 5 aromatic carbocycles. The van der Waals surface area contributed by atoms with Gasteiger partial charge in [-0.3, -0.25) is 0 Å². The lowest BCUT2D eigenvalue weighted by Crippen LogP contribution is -1.92. The monoisotopic (exact) mass is 600 g/mol. The fraction of sp³-hybridized carbons (Fsp3) is 0. The summed E-state index contributed by atoms with van der Waals surface area (Å²) >= 11 is 0. The van der Waals surface area contributed by atoms with Gasteiger partial charge < -0.3 is 4.42 Å². The van der Waals surface area contributed by atoms with Crippen LogP contribution in [0.5, 0.6) is 0 Å². The summed E-state index contributed by atoms with van der Waals surface area (Å²) in [7, 11) is 0. The molecule has 5 heteroatoms. The number of hydrogen-bond acceptors (Lipinski definition) is 5. The average Bonchev–Trinajstić information content (AvgIpc) is 3.51. The third-order valence-electron chi connectivity index (χ3n) is 9.02. The second kappa shape index (κ2) is 10.0. The summed E-state index contributed by atoms with van der Waals surface area (Å²) in [5, 5.41) is 5.18. The van der Waals surface area contributed by atoms with Crippen LogP contribution in [0.4, 0.5) is 0 Å². The topological polar surface area (TPSA) is 64.7 Å². The van der Waals surface area contributed by atoms with Gasteiger partial charge in [0, 0.05) is 43.6 Å². The molecule has 0 aliphatic carbocycles. The van der Waals surface area contributed by atoms with Crippen molar-refractivity contribution in [2.45, 2.75) is 0 Å². The van der Waals surface area contributed by atoms with Gasteiger partial charge in [-0.2, -0.15) is 0 Å². The molecule has 0 amide bonds. The first kappa shape index (κ1) is 25.8. The fourth-order valence-electron chi connectivity index (χ4n) is 6.64. The highest BCUT2D eigenvalue weighted by Gasteiger charge is 2.14. The van der Waals surface area contributed by atoms with Crippen molar-refractivity contribution in [3.63, 3.8) is 0 Å². The van der Waals surface area contributed by atoms with Crippen molar-refractivity contribution in [1.29, 1.82) is 0 Å². The Hall–Kier alpha value is -6.46. The van der Waals surface area contributed by atoms with Crippen molar-refractivity contribution in [3.8, 4) is 33.8 Å². The normalized spacial score (nSPS) is 11.8. The van der Waals surface area contributed by atoms with Gasteiger partial charge in [0.15, 0.2) is 5.58 Å². The zero-order valence-electron chi connectivity index (χ0n) is 25.1. The minimum absolute atomic E-state index is 0.782. The smallest absolute Gasteiger partial charge is 0.154 e. The summed E-state index contributed by atoms with van der Waals surface area (Å²) in [5.74, 6) is 0. The molecule has 10 rings (SSSR count). The molecule has 0 atom stereocenters. The van der Waals surface area contributed by atoms with Crippen LogP contribution < -0.4 is 0 Å². The van der Waals surface area contributed by atoms with Crippen molar-refractivity contribution >= 4 is 65.7 Å². The van der Waals surface area contributed by atoms with Crippen LogP contribution >= 0.6 is 0 Å². The van der Waals surface area contributed by atoms with E-state index < -0.39 is 0 Å². The number of fused-ring (bicyclic) bond motifs is 9. The van der Waals surface area contributed by atoms with Gasteiger partial charge in [-0.15, -0.1) is 0 Å². The first-order chi connectivity index (χ1) is 23.2. The maximum atomic E-state index is 6.10. The summed E-state index contributed by atoms with van der Waals surface area (Å²) in [6.07, 6.45) is 0. The molecule has 0 saturated heterocycles. The zero-order valence-corrected chi connectivity index (χ0v) is 25.1. The Bertz CT molecular complexity index is 2860. The Labute approximate surface area is 268 Å². The molecule has 0 radical (unpaired) electrons. The summed E-state index contributed by atoms with van der Waals surface area (Å²) in [4.78, 5) is 20.5. The number of aromatic nitrogens is 4. The standard InChI is InChI=1S/C42H24N4O/c1-2-7-25(8-3-1)33-20-17-26-13-14-27-18-21-34(44-39(27)38(26)43-33)29-9-6-10-30(23-29)35-22-19-28-15-16-31-24-37-42(46-41(31)40(28)45-35)32-11-4-5-12-36(32)47-37/h1-24H. The Balaban J connectivity index is 1.10. The molecule has 5 aromatic heterocycles. The molecule has 0 saturated carbocycles. The SMILES string of the molecule is c1ccc(-c2ccc3ccc4ccc(-c5cccc(-c6ccc7ccc8cc9oc%10ccccc%10c9nc8c7n6)c5)nc4c3n2)cc1. The van der Waals surface area contributed by atoms with E-state index in [0.717, 1.165) is 99.5 Å². The molecule has 0 aliphatic heterocycles. The minimum atomic E-state index is 0.782. The van der Waals surface area contributed by atoms with E-state index in [1.807, 2.05) is 36.4 Å². The summed E-state index contributed by atoms with van der Waals surface area (Å²) in [6.45, 7) is 0. The van der Waals surface area contributed by atoms with Gasteiger partial charge in [0.05, 0.1) is 39.1 Å². The van der Waals surface area contributed by atoms with Gasteiger partial charge in [-0.25, -0.2) is 19.9 Å². The highest BCUT2D eigenvalue weighted by atomic mass is 16.3. The zero-order chi connectivity index (χ0) is 30.9. The fourth-order valence-corrected chi connectivity index (χ4v) is 6.64. The van der Waals surface area contributed by atoms with Crippen molar-refractivity contribution in [1.82, 2.24) is 19.9 Å². The van der Waals surface area contributed by atoms with E-state index in [4.69, 9.17) is 24.4 Å². The Morgan fingerprint density at radius 3 is 1.45 bits per heavy atom. The van der Waals surface area contributed by atoms with Gasteiger partial charge in [-0.1, -0.05) is 103 Å². The van der Waals surface area contributed by atoms with Gasteiger partial charge in [0.1, 0.15) is 11.1 Å². The quantitative estimate of drug-likeness (QED) is 0.189. The lowest BCUT2D eigenvalue weighted by atomic mass is 10.0. The van der Waals surface area contributed by atoms with Crippen LogP contribution in [0.25, 0.3) is 99.5 Å². The molecule has 218 valence electrons. The van der Waals surface area contributed by atoms with E-state index in [9.17, 15) is 0 Å². The van der Waals surface area contributed by atoms with Crippen LogP contribution in [0.3, 0.4) is 0 Å². The predicted molar refractivity (Wildman–Crippen MR) is 191 cm³/mol. The van der Waals surface area contributed by atoms with Crippen LogP contribution in [-0.4, -0.2) is 19.9 Å². The highest BCUT2D eigenvalue weighted by Crippen LogP contribution is 2.34. The number of rotatable bonds is 3. The van der Waals surface area contributed by atoms with Gasteiger partial charge in [0.2, 0.25) is 0 Å². The molecule has 0 spiro atoms. The summed E-state index contributed by atoms with van der Waals surface area (Å²) in [5.41, 5.74) is 11.8. The molecule has 10 aromatic rings. The molecule has 0 fully saturated rings. The number of nitrogens with zero attached hydrogens (tertiary/aromatic N) is 4. The van der Waals surface area contributed by atoms with Crippen LogP contribution in [0.2, 0.25) is 0 Å². The largest absolute Gasteiger partial charge is 0.454 e. The van der Waals surface area contributed by atoms with Crippen molar-refractivity contribution < 1.29 is 4.42 Å². The Kier molecular flexibility index (Phi) is 5.51. The molecule has 5 heterocycles. The van der Waals surface area contributed by atoms with E-state index in [2.05, 4.69) is 109 Å². The van der Waals surface area contributed by atoms with E-state index in [-0.39, 0.29) is 0 Å². The third-order valence-corrected chi connectivity index (χ3v) is 9.02. The van der Waals surface area contributed by atoms with Gasteiger partial charge >= 0.3 is 0 Å². The number of hydrogen-bond donors (Lipinski definition) is 0.